The number of nitrogens with zero attached hydrogens (tertiary/aromatic N) is 8. The highest BCUT2D eigenvalue weighted by Crippen LogP contribution is 2.40. The normalized spacial score (nSPS) is 17.8. The van der Waals surface area contributed by atoms with Crippen molar-refractivity contribution in [3.8, 4) is 5.88 Å². The molecule has 3 aromatic rings. The van der Waals surface area contributed by atoms with E-state index in [-0.39, 0.29) is 12.0 Å². The number of likely N-dealkylation sites (tertiary alicyclic amines) is 1. The minimum Gasteiger partial charge on any atom is -0.474 e. The molecular weight excluding hydrogens is 702 g/mol. The summed E-state index contributed by atoms with van der Waals surface area (Å²) in [7, 11) is 0. The van der Waals surface area contributed by atoms with Crippen molar-refractivity contribution in [2.75, 3.05) is 74.1 Å². The molecule has 4 aliphatic rings. The number of ether oxygens (including phenoxy) is 3. The van der Waals surface area contributed by atoms with E-state index < -0.39 is 17.3 Å². The lowest BCUT2D eigenvalue weighted by Crippen LogP contribution is -2.64. The second-order valence-corrected chi connectivity index (χ2v) is 16.7. The van der Waals surface area contributed by atoms with Crippen LogP contribution in [0.3, 0.4) is 0 Å². The van der Waals surface area contributed by atoms with Gasteiger partial charge >= 0.3 is 12.2 Å². The van der Waals surface area contributed by atoms with Crippen molar-refractivity contribution < 1.29 is 28.6 Å². The third kappa shape index (κ3) is 8.87. The fourth-order valence-electron chi connectivity index (χ4n) is 7.32. The predicted molar refractivity (Wildman–Crippen MR) is 208 cm³/mol. The molecule has 1 N–H and O–H groups in total. The molecule has 2 fully saturated rings. The minimum absolute atomic E-state index is 0.112. The molecule has 0 atom stereocenters. The molecule has 55 heavy (non-hydrogen) atoms. The highest BCUT2D eigenvalue weighted by Gasteiger charge is 2.37. The molecule has 15 heteroatoms. The number of hydrogen-bond donors (Lipinski definition) is 1. The Morgan fingerprint density at radius 1 is 0.855 bits per heavy atom. The number of benzene rings is 1. The molecule has 6 heterocycles. The summed E-state index contributed by atoms with van der Waals surface area (Å²) in [6.07, 6.45) is 4.12. The molecule has 0 spiro atoms. The molecule has 0 unspecified atom stereocenters. The molecule has 4 aliphatic heterocycles. The van der Waals surface area contributed by atoms with Crippen molar-refractivity contribution in [2.45, 2.75) is 85.1 Å². The fourth-order valence-corrected chi connectivity index (χ4v) is 7.32. The zero-order valence-electron chi connectivity index (χ0n) is 33.1. The van der Waals surface area contributed by atoms with Crippen molar-refractivity contribution in [1.82, 2.24) is 29.7 Å². The molecule has 2 saturated heterocycles. The number of nitrogens with one attached hydrogen (secondary N) is 1. The van der Waals surface area contributed by atoms with Crippen LogP contribution in [0.15, 0.2) is 36.7 Å². The maximum absolute atomic E-state index is 13.1. The maximum Gasteiger partial charge on any atom is 0.415 e. The Kier molecular flexibility index (Phi) is 10.5. The first-order chi connectivity index (χ1) is 26.1. The molecule has 0 bridgehead atoms. The SMILES string of the molecule is Cc1c(N2CCc3cnc(Nc4ccc(CC(=O)N5CC(N6CCN(C(=O)OC(C)(C)C)CC6)C5)cc4)nc3C2)cnc2c1N(C(=O)OC(C)(C)C)CCO2. The van der Waals surface area contributed by atoms with E-state index in [9.17, 15) is 14.4 Å². The van der Waals surface area contributed by atoms with Crippen LogP contribution in [0.1, 0.15) is 63.9 Å². The quantitative estimate of drug-likeness (QED) is 0.364. The molecule has 3 amide bonds. The van der Waals surface area contributed by atoms with Crippen LogP contribution >= 0.6 is 0 Å². The first kappa shape index (κ1) is 38.1. The molecule has 1 aromatic carbocycles. The summed E-state index contributed by atoms with van der Waals surface area (Å²) in [4.78, 5) is 62.6. The molecule has 0 saturated carbocycles. The van der Waals surface area contributed by atoms with Crippen LogP contribution in [0.5, 0.6) is 5.88 Å². The van der Waals surface area contributed by atoms with Crippen molar-refractivity contribution in [2.24, 2.45) is 0 Å². The Balaban J connectivity index is 0.915. The Morgan fingerprint density at radius 2 is 1.55 bits per heavy atom. The zero-order valence-corrected chi connectivity index (χ0v) is 33.1. The van der Waals surface area contributed by atoms with Crippen molar-refractivity contribution in [3.05, 3.63) is 59.0 Å². The van der Waals surface area contributed by atoms with Gasteiger partial charge in [-0.1, -0.05) is 12.1 Å². The van der Waals surface area contributed by atoms with E-state index in [1.165, 1.54) is 0 Å². The second-order valence-electron chi connectivity index (χ2n) is 16.7. The number of anilines is 4. The lowest BCUT2D eigenvalue weighted by molar-refractivity contribution is -0.138. The highest BCUT2D eigenvalue weighted by atomic mass is 16.6. The van der Waals surface area contributed by atoms with Gasteiger partial charge in [0.15, 0.2) is 0 Å². The van der Waals surface area contributed by atoms with E-state index >= 15 is 0 Å². The van der Waals surface area contributed by atoms with Crippen LogP contribution in [0.2, 0.25) is 0 Å². The van der Waals surface area contributed by atoms with E-state index in [1.807, 2.05) is 90.0 Å². The van der Waals surface area contributed by atoms with Crippen LogP contribution in [0.25, 0.3) is 0 Å². The van der Waals surface area contributed by atoms with Crippen molar-refractivity contribution in [1.29, 1.82) is 0 Å². The molecule has 15 nitrogen and oxygen atoms in total. The lowest BCUT2D eigenvalue weighted by atomic mass is 10.0. The third-order valence-electron chi connectivity index (χ3n) is 10.2. The summed E-state index contributed by atoms with van der Waals surface area (Å²) in [6, 6.07) is 8.14. The standard InChI is InChI=1S/C40H53N9O6/c1-26-32(22-41-35-34(26)49(18-19-53-35)38(52)55-40(5,6)7)47-13-12-28-21-42-36(44-31(28)25-47)43-29-10-8-27(9-11-29)20-33(50)48-23-30(24-48)45-14-16-46(17-15-45)37(51)54-39(2,3)4/h8-11,21-22,30H,12-20,23-25H2,1-7H3,(H,42,43,44). The van der Waals surface area contributed by atoms with Gasteiger partial charge < -0.3 is 34.2 Å². The van der Waals surface area contributed by atoms with E-state index in [1.54, 1.807) is 9.80 Å². The molecular formula is C40H53N9O6. The van der Waals surface area contributed by atoms with Crippen LogP contribution < -0.4 is 19.9 Å². The smallest absolute Gasteiger partial charge is 0.415 e. The number of hydrogen-bond acceptors (Lipinski definition) is 12. The Hall–Kier alpha value is -5.18. The van der Waals surface area contributed by atoms with E-state index in [2.05, 4.69) is 25.1 Å². The van der Waals surface area contributed by atoms with Crippen LogP contribution in [-0.4, -0.2) is 124 Å². The van der Waals surface area contributed by atoms with E-state index in [4.69, 9.17) is 19.2 Å². The number of pyridine rings is 1. The van der Waals surface area contributed by atoms with Gasteiger partial charge in [-0.25, -0.2) is 24.5 Å². The van der Waals surface area contributed by atoms with Gasteiger partial charge in [-0.05, 0) is 78.1 Å². The highest BCUT2D eigenvalue weighted by molar-refractivity contribution is 5.92. The van der Waals surface area contributed by atoms with Gasteiger partial charge in [-0.15, -0.1) is 0 Å². The number of fused-ring (bicyclic) bond motifs is 2. The topological polar surface area (TPSA) is 146 Å². The van der Waals surface area contributed by atoms with Gasteiger partial charge in [0.25, 0.3) is 0 Å². The van der Waals surface area contributed by atoms with Gasteiger partial charge in [-0.2, -0.15) is 0 Å². The largest absolute Gasteiger partial charge is 0.474 e. The zero-order chi connectivity index (χ0) is 39.1. The van der Waals surface area contributed by atoms with E-state index in [0.29, 0.717) is 75.9 Å². The Labute approximate surface area is 322 Å². The summed E-state index contributed by atoms with van der Waals surface area (Å²) in [6.45, 7) is 19.5. The fraction of sp³-hybridized carbons (Fsp3) is 0.550. The number of carbonyl (C=O) groups is 3. The van der Waals surface area contributed by atoms with Gasteiger partial charge in [0, 0.05) is 69.3 Å². The summed E-state index contributed by atoms with van der Waals surface area (Å²) in [5, 5.41) is 3.33. The second kappa shape index (κ2) is 15.2. The average Bonchev–Trinajstić information content (AvgIpc) is 3.10. The maximum atomic E-state index is 13.1. The number of aromatic nitrogens is 3. The number of rotatable bonds is 6. The number of piperazine rings is 1. The number of amides is 3. The summed E-state index contributed by atoms with van der Waals surface area (Å²) in [5.74, 6) is 1.03. The van der Waals surface area contributed by atoms with Gasteiger partial charge in [0.05, 0.1) is 37.1 Å². The average molecular weight is 756 g/mol. The summed E-state index contributed by atoms with van der Waals surface area (Å²) in [5.41, 5.74) is 5.10. The monoisotopic (exact) mass is 755 g/mol. The van der Waals surface area contributed by atoms with Gasteiger partial charge in [-0.3, -0.25) is 14.6 Å². The Morgan fingerprint density at radius 3 is 2.24 bits per heavy atom. The minimum atomic E-state index is -0.623. The molecule has 294 valence electrons. The third-order valence-corrected chi connectivity index (χ3v) is 10.2. The lowest BCUT2D eigenvalue weighted by Gasteiger charge is -2.48. The first-order valence-corrected chi connectivity index (χ1v) is 19.2. The van der Waals surface area contributed by atoms with Gasteiger partial charge in [0.2, 0.25) is 17.7 Å². The van der Waals surface area contributed by atoms with Crippen LogP contribution in [0.4, 0.5) is 32.6 Å². The molecule has 7 rings (SSSR count). The first-order valence-electron chi connectivity index (χ1n) is 19.2. The van der Waals surface area contributed by atoms with Gasteiger partial charge in [0.1, 0.15) is 23.5 Å². The predicted octanol–water partition coefficient (Wildman–Crippen LogP) is 4.93. The summed E-state index contributed by atoms with van der Waals surface area (Å²) < 4.78 is 17.0. The van der Waals surface area contributed by atoms with E-state index in [0.717, 1.165) is 59.8 Å². The Bertz CT molecular complexity index is 1910. The molecule has 0 radical (unpaired) electrons. The van der Waals surface area contributed by atoms with Crippen molar-refractivity contribution >= 4 is 41.1 Å². The van der Waals surface area contributed by atoms with Crippen LogP contribution in [0, 0.1) is 6.92 Å². The molecule has 2 aromatic heterocycles. The van der Waals surface area contributed by atoms with Crippen molar-refractivity contribution in [3.63, 3.8) is 0 Å². The summed E-state index contributed by atoms with van der Waals surface area (Å²) >= 11 is 0. The molecule has 0 aliphatic carbocycles. The van der Waals surface area contributed by atoms with Crippen LogP contribution in [-0.2, 0) is 33.7 Å². The number of carbonyl (C=O) groups excluding carboxylic acids is 3.